The van der Waals surface area contributed by atoms with Gasteiger partial charge in [-0.2, -0.15) is 20.5 Å². The number of nitrogens with zero attached hydrogens (tertiary/aromatic N) is 6. The Labute approximate surface area is 144 Å². The van der Waals surface area contributed by atoms with Crippen molar-refractivity contribution in [1.29, 1.82) is 0 Å². The van der Waals surface area contributed by atoms with Gasteiger partial charge in [0, 0.05) is 50.5 Å². The number of hydrogen-bond acceptors (Lipinski definition) is 7. The highest BCUT2D eigenvalue weighted by atomic mass is 16.5. The molecule has 132 valence electrons. The van der Waals surface area contributed by atoms with E-state index < -0.39 is 0 Å². The van der Waals surface area contributed by atoms with Gasteiger partial charge >= 0.3 is 0 Å². The highest BCUT2D eigenvalue weighted by Crippen LogP contribution is 2.29. The number of aryl methyl sites for hydroxylation is 1. The summed E-state index contributed by atoms with van der Waals surface area (Å²) in [7, 11) is 3.65. The lowest BCUT2D eigenvalue weighted by Gasteiger charge is -2.13. The molecule has 9 heteroatoms. The summed E-state index contributed by atoms with van der Waals surface area (Å²) in [5.74, 6) is 1.03. The monoisotopic (exact) mass is 343 g/mol. The van der Waals surface area contributed by atoms with Crippen molar-refractivity contribution in [2.75, 3.05) is 20.2 Å². The van der Waals surface area contributed by atoms with Gasteiger partial charge in [0.2, 0.25) is 0 Å². The van der Waals surface area contributed by atoms with E-state index in [1.165, 1.54) is 0 Å². The van der Waals surface area contributed by atoms with Crippen molar-refractivity contribution in [3.8, 4) is 11.3 Å². The molecule has 25 heavy (non-hydrogen) atoms. The molecule has 3 aromatic heterocycles. The molecule has 0 aliphatic carbocycles. The number of H-pyrrole nitrogens is 1. The van der Waals surface area contributed by atoms with E-state index in [9.17, 15) is 0 Å². The molecule has 1 aliphatic heterocycles. The number of hydrogen-bond donors (Lipinski definition) is 1. The summed E-state index contributed by atoms with van der Waals surface area (Å²) in [6, 6.07) is 1.98. The van der Waals surface area contributed by atoms with E-state index in [1.807, 2.05) is 30.9 Å². The number of likely N-dealkylation sites (tertiary alicyclic amines) is 1. The fourth-order valence-electron chi connectivity index (χ4n) is 3.38. The van der Waals surface area contributed by atoms with Crippen LogP contribution < -0.4 is 0 Å². The zero-order valence-corrected chi connectivity index (χ0v) is 14.5. The van der Waals surface area contributed by atoms with Crippen LogP contribution in [0.15, 0.2) is 23.0 Å². The summed E-state index contributed by atoms with van der Waals surface area (Å²) in [5.41, 5.74) is 3.80. The van der Waals surface area contributed by atoms with Gasteiger partial charge in [-0.15, -0.1) is 0 Å². The smallest absolute Gasteiger partial charge is 0.151 e. The fourth-order valence-corrected chi connectivity index (χ4v) is 3.38. The molecule has 4 rings (SSSR count). The Bertz CT molecular complexity index is 839. The second-order valence-corrected chi connectivity index (χ2v) is 6.42. The van der Waals surface area contributed by atoms with Crippen molar-refractivity contribution in [3.63, 3.8) is 0 Å². The van der Waals surface area contributed by atoms with Crippen LogP contribution in [-0.4, -0.2) is 61.6 Å². The molecule has 2 atom stereocenters. The molecule has 1 aliphatic rings. The summed E-state index contributed by atoms with van der Waals surface area (Å²) in [5, 5.41) is 19.2. The second kappa shape index (κ2) is 6.41. The molecular weight excluding hydrogens is 322 g/mol. The SMILES string of the molecule is CO[C@@H]1CN(Cc2cc(-c3cnn(C)c3C)no2)C[C@H]1c1cn[nH]n1. The summed E-state index contributed by atoms with van der Waals surface area (Å²) in [4.78, 5) is 2.29. The first-order valence-electron chi connectivity index (χ1n) is 8.21. The minimum atomic E-state index is 0.0908. The third-order valence-electron chi connectivity index (χ3n) is 4.91. The molecule has 0 spiro atoms. The van der Waals surface area contributed by atoms with E-state index >= 15 is 0 Å². The quantitative estimate of drug-likeness (QED) is 0.741. The van der Waals surface area contributed by atoms with Crippen LogP contribution in [0, 0.1) is 6.92 Å². The molecule has 0 radical (unpaired) electrons. The molecule has 0 saturated carbocycles. The molecule has 1 N–H and O–H groups in total. The Morgan fingerprint density at radius 3 is 2.92 bits per heavy atom. The van der Waals surface area contributed by atoms with Crippen molar-refractivity contribution in [2.45, 2.75) is 25.5 Å². The summed E-state index contributed by atoms with van der Waals surface area (Å²) in [6.45, 7) is 4.35. The van der Waals surface area contributed by atoms with Crippen molar-refractivity contribution in [1.82, 2.24) is 35.2 Å². The average molecular weight is 343 g/mol. The normalized spacial score (nSPS) is 21.2. The Morgan fingerprint density at radius 1 is 1.36 bits per heavy atom. The maximum absolute atomic E-state index is 5.63. The van der Waals surface area contributed by atoms with E-state index in [0.29, 0.717) is 6.54 Å². The molecule has 1 saturated heterocycles. The zero-order valence-electron chi connectivity index (χ0n) is 14.5. The van der Waals surface area contributed by atoms with Gasteiger partial charge in [0.1, 0.15) is 5.69 Å². The van der Waals surface area contributed by atoms with Gasteiger partial charge in [-0.25, -0.2) is 0 Å². The summed E-state index contributed by atoms with van der Waals surface area (Å²) in [6.07, 6.45) is 3.67. The van der Waals surface area contributed by atoms with Crippen molar-refractivity contribution in [3.05, 3.63) is 35.6 Å². The second-order valence-electron chi connectivity index (χ2n) is 6.42. The van der Waals surface area contributed by atoms with Gasteiger partial charge in [-0.05, 0) is 6.92 Å². The Balaban J connectivity index is 1.47. The van der Waals surface area contributed by atoms with E-state index in [-0.39, 0.29) is 12.0 Å². The van der Waals surface area contributed by atoms with Crippen LogP contribution in [-0.2, 0) is 18.3 Å². The molecule has 3 aromatic rings. The molecule has 0 unspecified atom stereocenters. The Morgan fingerprint density at radius 2 is 2.24 bits per heavy atom. The minimum Gasteiger partial charge on any atom is -0.379 e. The molecular formula is C16H21N7O2. The van der Waals surface area contributed by atoms with E-state index in [1.54, 1.807) is 13.3 Å². The van der Waals surface area contributed by atoms with Gasteiger partial charge < -0.3 is 9.26 Å². The first kappa shape index (κ1) is 16.0. The van der Waals surface area contributed by atoms with Gasteiger partial charge in [0.25, 0.3) is 0 Å². The standard InChI is InChI=1S/C16H21N7O2/c1-10-12(5-18-22(10)2)14-4-11(25-20-14)7-23-8-13(16(9-23)24-3)15-6-17-21-19-15/h4-6,13,16H,7-9H2,1-3H3,(H,17,19,21)/t13-,16+/m0/s1. The average Bonchev–Trinajstić information content (AvgIpc) is 3.37. The fraction of sp³-hybridized carbons (Fsp3) is 0.500. The van der Waals surface area contributed by atoms with Crippen molar-refractivity contribution >= 4 is 0 Å². The van der Waals surface area contributed by atoms with Crippen LogP contribution in [0.25, 0.3) is 11.3 Å². The van der Waals surface area contributed by atoms with Crippen molar-refractivity contribution < 1.29 is 9.26 Å². The van der Waals surface area contributed by atoms with Crippen LogP contribution in [0.5, 0.6) is 0 Å². The van der Waals surface area contributed by atoms with Gasteiger partial charge in [-0.1, -0.05) is 5.16 Å². The highest BCUT2D eigenvalue weighted by Gasteiger charge is 2.36. The van der Waals surface area contributed by atoms with Crippen LogP contribution >= 0.6 is 0 Å². The number of aromatic nitrogens is 6. The van der Waals surface area contributed by atoms with E-state index in [2.05, 4.69) is 30.6 Å². The predicted octanol–water partition coefficient (Wildman–Crippen LogP) is 1.12. The lowest BCUT2D eigenvalue weighted by molar-refractivity contribution is 0.0948. The van der Waals surface area contributed by atoms with Gasteiger partial charge in [-0.3, -0.25) is 9.58 Å². The van der Waals surface area contributed by atoms with Crippen LogP contribution in [0.2, 0.25) is 0 Å². The number of rotatable bonds is 5. The van der Waals surface area contributed by atoms with Crippen LogP contribution in [0.4, 0.5) is 0 Å². The first-order valence-corrected chi connectivity index (χ1v) is 8.21. The van der Waals surface area contributed by atoms with Crippen LogP contribution in [0.1, 0.15) is 23.1 Å². The minimum absolute atomic E-state index is 0.0908. The molecule has 0 bridgehead atoms. The topological polar surface area (TPSA) is 97.9 Å². The predicted molar refractivity (Wildman–Crippen MR) is 88.6 cm³/mol. The highest BCUT2D eigenvalue weighted by molar-refractivity contribution is 5.60. The molecule has 9 nitrogen and oxygen atoms in total. The number of nitrogens with one attached hydrogen (secondary N) is 1. The molecule has 1 fully saturated rings. The van der Waals surface area contributed by atoms with E-state index in [4.69, 9.17) is 9.26 Å². The number of aromatic amines is 1. The lowest BCUT2D eigenvalue weighted by Crippen LogP contribution is -2.22. The molecule has 4 heterocycles. The van der Waals surface area contributed by atoms with Gasteiger partial charge in [0.05, 0.1) is 30.7 Å². The molecule has 0 amide bonds. The van der Waals surface area contributed by atoms with Gasteiger partial charge in [0.15, 0.2) is 5.76 Å². The third kappa shape index (κ3) is 2.96. The maximum Gasteiger partial charge on any atom is 0.151 e. The van der Waals surface area contributed by atoms with Crippen LogP contribution in [0.3, 0.4) is 0 Å². The summed E-state index contributed by atoms with van der Waals surface area (Å²) >= 11 is 0. The number of ether oxygens (including phenoxy) is 1. The van der Waals surface area contributed by atoms with Crippen molar-refractivity contribution in [2.24, 2.45) is 7.05 Å². The van der Waals surface area contributed by atoms with E-state index in [0.717, 1.165) is 41.5 Å². The maximum atomic E-state index is 5.63. The third-order valence-corrected chi connectivity index (χ3v) is 4.91. The summed E-state index contributed by atoms with van der Waals surface area (Å²) < 4.78 is 13.0. The first-order chi connectivity index (χ1) is 12.2. The Kier molecular flexibility index (Phi) is 4.10. The zero-order chi connectivity index (χ0) is 17.4. The lowest BCUT2D eigenvalue weighted by atomic mass is 10.0. The molecule has 0 aromatic carbocycles. The number of methoxy groups -OCH3 is 1. The Hall–Kier alpha value is -2.52. The largest absolute Gasteiger partial charge is 0.379 e.